The largest absolute Gasteiger partial charge is 0.494 e. The van der Waals surface area contributed by atoms with Crippen molar-refractivity contribution in [1.29, 1.82) is 0 Å². The van der Waals surface area contributed by atoms with Gasteiger partial charge in [-0.3, -0.25) is 4.79 Å². The van der Waals surface area contributed by atoms with Crippen LogP contribution in [0.15, 0.2) is 58.6 Å². The molecule has 33 heavy (non-hydrogen) atoms. The third kappa shape index (κ3) is 4.21. The average molecular weight is 463 g/mol. The summed E-state index contributed by atoms with van der Waals surface area (Å²) in [5.41, 5.74) is 3.28. The van der Waals surface area contributed by atoms with Crippen LogP contribution in [0.25, 0.3) is 0 Å². The van der Waals surface area contributed by atoms with Crippen LogP contribution >= 0.6 is 11.8 Å². The summed E-state index contributed by atoms with van der Waals surface area (Å²) in [7, 11) is 5.57. The van der Waals surface area contributed by atoms with E-state index in [-0.39, 0.29) is 5.91 Å². The summed E-state index contributed by atoms with van der Waals surface area (Å²) < 4.78 is 5.67. The number of hydrogen-bond acceptors (Lipinski definition) is 8. The van der Waals surface area contributed by atoms with Gasteiger partial charge in [-0.15, -0.1) is 0 Å². The van der Waals surface area contributed by atoms with Crippen LogP contribution < -0.4 is 19.9 Å². The Balaban J connectivity index is 1.42. The second kappa shape index (κ2) is 8.92. The van der Waals surface area contributed by atoms with E-state index < -0.39 is 0 Å². The number of ether oxygens (including phenoxy) is 1. The maximum absolute atomic E-state index is 12.9. The molecule has 0 bridgehead atoms. The number of nitrogens with zero attached hydrogens (tertiary/aromatic N) is 5. The van der Waals surface area contributed by atoms with Gasteiger partial charge in [-0.25, -0.2) is 9.97 Å². The minimum Gasteiger partial charge on any atom is -0.494 e. The summed E-state index contributed by atoms with van der Waals surface area (Å²) in [6.45, 7) is 4.07. The lowest BCUT2D eigenvalue weighted by molar-refractivity contribution is 0.0990. The van der Waals surface area contributed by atoms with Crippen LogP contribution in [0.5, 0.6) is 5.75 Å². The lowest BCUT2D eigenvalue weighted by Crippen LogP contribution is -2.44. The first-order chi connectivity index (χ1) is 16.0. The van der Waals surface area contributed by atoms with Crippen molar-refractivity contribution in [3.63, 3.8) is 0 Å². The van der Waals surface area contributed by atoms with Crippen LogP contribution in [0.4, 0.5) is 23.0 Å². The number of benzene rings is 2. The topological polar surface area (TPSA) is 73.8 Å². The molecule has 3 aromatic rings. The highest BCUT2D eigenvalue weighted by Crippen LogP contribution is 2.40. The Morgan fingerprint density at radius 2 is 1.85 bits per heavy atom. The average Bonchev–Trinajstić information content (AvgIpc) is 2.94. The molecule has 1 N–H and O–H groups in total. The molecule has 2 aromatic carbocycles. The Morgan fingerprint density at radius 1 is 1.06 bits per heavy atom. The van der Waals surface area contributed by atoms with Crippen molar-refractivity contribution in [3.8, 4) is 5.75 Å². The number of carbonyl (C=O) groups excluding carboxylic acids is 1. The maximum Gasteiger partial charge on any atom is 0.259 e. The molecule has 0 atom stereocenters. The Bertz CT molecular complexity index is 1200. The van der Waals surface area contributed by atoms with Gasteiger partial charge in [0.15, 0.2) is 0 Å². The summed E-state index contributed by atoms with van der Waals surface area (Å²) in [5, 5.41) is 4.01. The number of nitrogens with one attached hydrogen (secondary N) is 1. The number of piperazine rings is 1. The monoisotopic (exact) mass is 462 g/mol. The third-order valence-electron chi connectivity index (χ3n) is 6.03. The summed E-state index contributed by atoms with van der Waals surface area (Å²) in [4.78, 5) is 29.2. The number of fused-ring (bicyclic) bond motifs is 2. The van der Waals surface area contributed by atoms with Gasteiger partial charge in [0.1, 0.15) is 10.8 Å². The summed E-state index contributed by atoms with van der Waals surface area (Å²) >= 11 is 1.47. The first kappa shape index (κ1) is 21.5. The zero-order valence-electron chi connectivity index (χ0n) is 18.9. The molecule has 0 saturated carbocycles. The Hall–Kier alpha value is -3.30. The summed E-state index contributed by atoms with van der Waals surface area (Å²) in [6.07, 6.45) is 1.69. The Kier molecular flexibility index (Phi) is 5.82. The fraction of sp³-hybridized carbons (Fsp3) is 0.292. The number of anilines is 4. The zero-order valence-corrected chi connectivity index (χ0v) is 19.7. The van der Waals surface area contributed by atoms with Gasteiger partial charge in [0, 0.05) is 49.9 Å². The minimum absolute atomic E-state index is 0.0673. The van der Waals surface area contributed by atoms with E-state index in [1.54, 1.807) is 25.3 Å². The van der Waals surface area contributed by atoms with E-state index in [2.05, 4.69) is 39.3 Å². The molecule has 0 spiro atoms. The van der Waals surface area contributed by atoms with Crippen molar-refractivity contribution in [3.05, 3.63) is 54.2 Å². The van der Waals surface area contributed by atoms with Gasteiger partial charge < -0.3 is 24.8 Å². The van der Waals surface area contributed by atoms with Crippen LogP contribution in [-0.2, 0) is 0 Å². The highest BCUT2D eigenvalue weighted by molar-refractivity contribution is 7.99. The molecule has 1 fully saturated rings. The molecule has 5 rings (SSSR count). The second-order valence-corrected chi connectivity index (χ2v) is 9.18. The lowest BCUT2D eigenvalue weighted by atomic mass is 10.2. The van der Waals surface area contributed by atoms with Crippen molar-refractivity contribution in [2.24, 2.45) is 0 Å². The van der Waals surface area contributed by atoms with Crippen molar-refractivity contribution < 1.29 is 9.53 Å². The first-order valence-electron chi connectivity index (χ1n) is 10.8. The standard InChI is InChI=1S/C24H26N6O2S/c1-28-10-12-30(13-11-28)16-8-9-18(20(14-16)32-3)26-24-25-15-19-22(27-24)33-21-7-5-4-6-17(21)23(31)29(19)2/h4-9,14-15H,10-13H2,1-3H3,(H,25,26,27). The number of methoxy groups -OCH3 is 1. The van der Waals surface area contributed by atoms with Crippen LogP contribution in [0.3, 0.4) is 0 Å². The smallest absolute Gasteiger partial charge is 0.259 e. The van der Waals surface area contributed by atoms with E-state index in [9.17, 15) is 4.79 Å². The quantitative estimate of drug-likeness (QED) is 0.588. The SMILES string of the molecule is COc1cc(N2CCN(C)CC2)ccc1Nc1ncc2c(n1)Sc1ccccc1C(=O)N2C. The number of rotatable bonds is 4. The number of amides is 1. The van der Waals surface area contributed by atoms with Gasteiger partial charge in [-0.1, -0.05) is 23.9 Å². The van der Waals surface area contributed by atoms with Crippen molar-refractivity contribution in [1.82, 2.24) is 14.9 Å². The minimum atomic E-state index is -0.0673. The third-order valence-corrected chi connectivity index (χ3v) is 7.10. The lowest BCUT2D eigenvalue weighted by Gasteiger charge is -2.34. The van der Waals surface area contributed by atoms with E-state index in [1.807, 2.05) is 30.3 Å². The molecule has 1 saturated heterocycles. The van der Waals surface area contributed by atoms with Gasteiger partial charge >= 0.3 is 0 Å². The molecule has 2 aliphatic rings. The number of carbonyl (C=O) groups is 1. The van der Waals surface area contributed by atoms with Gasteiger partial charge in [0.2, 0.25) is 5.95 Å². The van der Waals surface area contributed by atoms with E-state index in [0.717, 1.165) is 53.2 Å². The van der Waals surface area contributed by atoms with E-state index >= 15 is 0 Å². The molecule has 0 aliphatic carbocycles. The van der Waals surface area contributed by atoms with Gasteiger partial charge in [0.25, 0.3) is 5.91 Å². The number of aromatic nitrogens is 2. The van der Waals surface area contributed by atoms with Crippen LogP contribution in [0.1, 0.15) is 10.4 Å². The van der Waals surface area contributed by atoms with Gasteiger partial charge in [0.05, 0.1) is 30.2 Å². The van der Waals surface area contributed by atoms with Crippen LogP contribution in [0, 0.1) is 0 Å². The number of likely N-dealkylation sites (N-methyl/N-ethyl adjacent to an activating group) is 1. The molecule has 2 aliphatic heterocycles. The van der Waals surface area contributed by atoms with Crippen LogP contribution in [-0.4, -0.2) is 68.2 Å². The van der Waals surface area contributed by atoms with E-state index in [1.165, 1.54) is 11.8 Å². The summed E-state index contributed by atoms with van der Waals surface area (Å²) in [5.74, 6) is 1.12. The van der Waals surface area contributed by atoms with E-state index in [0.29, 0.717) is 17.2 Å². The molecule has 9 heteroatoms. The highest BCUT2D eigenvalue weighted by atomic mass is 32.2. The predicted molar refractivity (Wildman–Crippen MR) is 131 cm³/mol. The second-order valence-electron chi connectivity index (χ2n) is 8.15. The first-order valence-corrected chi connectivity index (χ1v) is 11.7. The Labute approximate surface area is 197 Å². The van der Waals surface area contributed by atoms with Crippen LogP contribution in [0.2, 0.25) is 0 Å². The highest BCUT2D eigenvalue weighted by Gasteiger charge is 2.26. The zero-order chi connectivity index (χ0) is 22.9. The van der Waals surface area contributed by atoms with Crippen molar-refractivity contribution in [2.45, 2.75) is 9.92 Å². The fourth-order valence-electron chi connectivity index (χ4n) is 4.02. The summed E-state index contributed by atoms with van der Waals surface area (Å²) in [6, 6.07) is 13.7. The molecular formula is C24H26N6O2S. The molecule has 0 radical (unpaired) electrons. The van der Waals surface area contributed by atoms with Crippen molar-refractivity contribution in [2.75, 3.05) is 62.5 Å². The fourth-order valence-corrected chi connectivity index (χ4v) is 5.06. The molecule has 8 nitrogen and oxygen atoms in total. The normalized spacial score (nSPS) is 16.2. The maximum atomic E-state index is 12.9. The molecule has 1 amide bonds. The predicted octanol–water partition coefficient (Wildman–Crippen LogP) is 3.72. The van der Waals surface area contributed by atoms with E-state index in [4.69, 9.17) is 9.72 Å². The molecular weight excluding hydrogens is 436 g/mol. The molecule has 3 heterocycles. The van der Waals surface area contributed by atoms with Gasteiger partial charge in [-0.2, -0.15) is 0 Å². The number of hydrogen-bond donors (Lipinski definition) is 1. The van der Waals surface area contributed by atoms with Gasteiger partial charge in [-0.05, 0) is 31.3 Å². The Morgan fingerprint density at radius 3 is 2.64 bits per heavy atom. The molecule has 170 valence electrons. The van der Waals surface area contributed by atoms with Crippen molar-refractivity contribution >= 4 is 40.7 Å². The molecule has 0 unspecified atom stereocenters. The molecule has 1 aromatic heterocycles.